The molecule has 26 heavy (non-hydrogen) atoms. The van der Waals surface area contributed by atoms with Crippen LogP contribution in [0.5, 0.6) is 0 Å². The van der Waals surface area contributed by atoms with Crippen molar-refractivity contribution in [3.8, 4) is 0 Å². The van der Waals surface area contributed by atoms with Crippen LogP contribution in [-0.4, -0.2) is 24.1 Å². The maximum atomic E-state index is 13.1. The number of anilines is 1. The summed E-state index contributed by atoms with van der Waals surface area (Å²) in [5, 5.41) is 9.17. The van der Waals surface area contributed by atoms with E-state index in [-0.39, 0.29) is 22.5 Å². The first kappa shape index (κ1) is 18.5. The molecular weight excluding hydrogens is 398 g/mol. The van der Waals surface area contributed by atoms with Gasteiger partial charge in [0.2, 0.25) is 0 Å². The zero-order valence-corrected chi connectivity index (χ0v) is 14.3. The van der Waals surface area contributed by atoms with Crippen LogP contribution in [0.2, 0.25) is 5.02 Å². The minimum atomic E-state index is -5.53. The summed E-state index contributed by atoms with van der Waals surface area (Å²) in [6, 6.07) is 5.85. The van der Waals surface area contributed by atoms with Crippen LogP contribution >= 0.6 is 11.6 Å². The second kappa shape index (κ2) is 6.44. The van der Waals surface area contributed by atoms with E-state index in [1.54, 1.807) is 0 Å². The third kappa shape index (κ3) is 3.21. The highest BCUT2D eigenvalue weighted by Crippen LogP contribution is 2.36. The van der Waals surface area contributed by atoms with Crippen LogP contribution in [0, 0.1) is 5.82 Å². The van der Waals surface area contributed by atoms with E-state index < -0.39 is 26.1 Å². The average molecular weight is 408 g/mol. The number of rotatable bonds is 4. The number of H-pyrrole nitrogens is 1. The second-order valence-electron chi connectivity index (χ2n) is 5.31. The number of fused-ring (bicyclic) bond motifs is 1. The Morgan fingerprint density at radius 3 is 2.58 bits per heavy atom. The Morgan fingerprint density at radius 1 is 1.19 bits per heavy atom. The Morgan fingerprint density at radius 2 is 1.92 bits per heavy atom. The number of aromatic amines is 1. The van der Waals surface area contributed by atoms with Gasteiger partial charge in [0.15, 0.2) is 0 Å². The Balaban J connectivity index is 1.97. The van der Waals surface area contributed by atoms with Gasteiger partial charge >= 0.3 is 5.51 Å². The lowest BCUT2D eigenvalue weighted by atomic mass is 10.2. The highest BCUT2D eigenvalue weighted by Gasteiger charge is 2.48. The molecule has 1 aromatic heterocycles. The van der Waals surface area contributed by atoms with Crippen LogP contribution < -0.4 is 5.32 Å². The van der Waals surface area contributed by atoms with Gasteiger partial charge in [-0.25, -0.2) is 12.8 Å². The van der Waals surface area contributed by atoms with Gasteiger partial charge in [-0.1, -0.05) is 17.7 Å². The molecule has 0 atom stereocenters. The van der Waals surface area contributed by atoms with Crippen LogP contribution in [-0.2, 0) is 16.4 Å². The fourth-order valence-electron chi connectivity index (χ4n) is 2.37. The Hall–Kier alpha value is -2.33. The molecule has 1 heterocycles. The summed E-state index contributed by atoms with van der Waals surface area (Å²) >= 11 is 5.93. The quantitative estimate of drug-likeness (QED) is 0.634. The lowest BCUT2D eigenvalue weighted by Crippen LogP contribution is -2.23. The highest BCUT2D eigenvalue weighted by molar-refractivity contribution is 7.92. The number of nitrogens with one attached hydrogen (secondary N) is 2. The largest absolute Gasteiger partial charge is 0.501 e. The van der Waals surface area contributed by atoms with Gasteiger partial charge in [-0.2, -0.15) is 18.3 Å². The van der Waals surface area contributed by atoms with E-state index in [4.69, 9.17) is 11.6 Å². The van der Waals surface area contributed by atoms with E-state index in [0.717, 1.165) is 12.1 Å². The molecule has 0 saturated carbocycles. The average Bonchev–Trinajstić information content (AvgIpc) is 3.02. The number of halogens is 5. The normalized spacial score (nSPS) is 12.5. The van der Waals surface area contributed by atoms with Crippen LogP contribution in [0.4, 0.5) is 23.2 Å². The predicted molar refractivity (Wildman–Crippen MR) is 88.1 cm³/mol. The molecule has 5 nitrogen and oxygen atoms in total. The summed E-state index contributed by atoms with van der Waals surface area (Å²) in [4.78, 5) is -0.914. The van der Waals surface area contributed by atoms with E-state index in [1.165, 1.54) is 24.4 Å². The fraction of sp³-hybridized carbons (Fsp3) is 0.133. The molecule has 0 aliphatic rings. The zero-order chi connectivity index (χ0) is 19.1. The summed E-state index contributed by atoms with van der Waals surface area (Å²) in [5.74, 6) is -0.502. The van der Waals surface area contributed by atoms with Gasteiger partial charge in [0.1, 0.15) is 10.7 Å². The van der Waals surface area contributed by atoms with Crippen molar-refractivity contribution in [1.29, 1.82) is 0 Å². The van der Waals surface area contributed by atoms with Gasteiger partial charge in [-0.3, -0.25) is 5.10 Å². The van der Waals surface area contributed by atoms with Crippen molar-refractivity contribution < 1.29 is 26.0 Å². The molecule has 138 valence electrons. The number of hydrogen-bond acceptors (Lipinski definition) is 4. The fourth-order valence-corrected chi connectivity index (χ4v) is 3.52. The second-order valence-corrected chi connectivity index (χ2v) is 7.63. The minimum Gasteiger partial charge on any atom is -0.380 e. The van der Waals surface area contributed by atoms with Gasteiger partial charge in [-0.15, -0.1) is 0 Å². The molecule has 3 aromatic rings. The van der Waals surface area contributed by atoms with E-state index in [1.807, 2.05) is 0 Å². The lowest BCUT2D eigenvalue weighted by molar-refractivity contribution is -0.0435. The van der Waals surface area contributed by atoms with Gasteiger partial charge < -0.3 is 5.32 Å². The third-order valence-electron chi connectivity index (χ3n) is 3.66. The van der Waals surface area contributed by atoms with Gasteiger partial charge in [-0.05, 0) is 29.8 Å². The summed E-state index contributed by atoms with van der Waals surface area (Å²) in [5.41, 5.74) is -4.80. The molecule has 0 amide bonds. The standard InChI is InChI=1S/C15H10ClF4N3O2S/c16-11-5-9(17)2-1-8(11)6-21-12-3-4-13(14-10(12)7-22-23-14)26(24,25)15(18,19)20/h1-5,7,21H,6H2,(H,22,23). The van der Waals surface area contributed by atoms with Crippen molar-refractivity contribution in [1.82, 2.24) is 10.2 Å². The molecular formula is C15H10ClF4N3O2S. The van der Waals surface area contributed by atoms with Crippen molar-refractivity contribution in [3.63, 3.8) is 0 Å². The molecule has 0 fully saturated rings. The van der Waals surface area contributed by atoms with Crippen molar-refractivity contribution in [2.45, 2.75) is 16.9 Å². The Labute approximate surface area is 149 Å². The minimum absolute atomic E-state index is 0.144. The first-order valence-corrected chi connectivity index (χ1v) is 8.92. The lowest BCUT2D eigenvalue weighted by Gasteiger charge is -2.12. The molecule has 2 N–H and O–H groups in total. The zero-order valence-electron chi connectivity index (χ0n) is 12.7. The number of sulfone groups is 1. The summed E-state index contributed by atoms with van der Waals surface area (Å²) in [6.45, 7) is 0.144. The molecule has 0 aliphatic carbocycles. The molecule has 3 rings (SSSR count). The highest BCUT2D eigenvalue weighted by atomic mass is 35.5. The topological polar surface area (TPSA) is 74.8 Å². The number of aromatic nitrogens is 2. The molecule has 0 unspecified atom stereocenters. The molecule has 2 aromatic carbocycles. The van der Waals surface area contributed by atoms with Crippen molar-refractivity contribution >= 4 is 38.0 Å². The monoisotopic (exact) mass is 407 g/mol. The first-order chi connectivity index (χ1) is 12.1. The molecule has 0 bridgehead atoms. The van der Waals surface area contributed by atoms with Gasteiger partial charge in [0.25, 0.3) is 9.84 Å². The molecule has 0 aliphatic heterocycles. The van der Waals surface area contributed by atoms with Crippen molar-refractivity contribution in [2.24, 2.45) is 0 Å². The number of nitrogens with zero attached hydrogens (tertiary/aromatic N) is 1. The van der Waals surface area contributed by atoms with Crippen molar-refractivity contribution in [3.05, 3.63) is 52.9 Å². The first-order valence-electron chi connectivity index (χ1n) is 7.06. The summed E-state index contributed by atoms with van der Waals surface area (Å²) < 4.78 is 74.9. The molecule has 0 saturated heterocycles. The van der Waals surface area contributed by atoms with Gasteiger partial charge in [0, 0.05) is 22.6 Å². The molecule has 0 spiro atoms. The van der Waals surface area contributed by atoms with Crippen LogP contribution in [0.25, 0.3) is 10.9 Å². The SMILES string of the molecule is O=S(=O)(c1ccc(NCc2ccc(F)cc2Cl)c2cn[nH]c12)C(F)(F)F. The predicted octanol–water partition coefficient (Wildman–Crippen LogP) is 4.26. The maximum absolute atomic E-state index is 13.1. The number of alkyl halides is 3. The van der Waals surface area contributed by atoms with E-state index >= 15 is 0 Å². The Kier molecular flexibility index (Phi) is 4.57. The third-order valence-corrected chi connectivity index (χ3v) is 5.54. The van der Waals surface area contributed by atoms with Crippen LogP contribution in [0.15, 0.2) is 41.4 Å². The number of hydrogen-bond donors (Lipinski definition) is 2. The maximum Gasteiger partial charge on any atom is 0.501 e. The Bertz CT molecular complexity index is 1080. The smallest absolute Gasteiger partial charge is 0.380 e. The van der Waals surface area contributed by atoms with Gasteiger partial charge in [0.05, 0.1) is 11.7 Å². The summed E-state index contributed by atoms with van der Waals surface area (Å²) in [7, 11) is -5.53. The van der Waals surface area contributed by atoms with Crippen LogP contribution in [0.1, 0.15) is 5.56 Å². The van der Waals surface area contributed by atoms with E-state index in [2.05, 4.69) is 15.5 Å². The summed E-state index contributed by atoms with van der Waals surface area (Å²) in [6.07, 6.45) is 1.21. The molecule has 11 heteroatoms. The van der Waals surface area contributed by atoms with Crippen molar-refractivity contribution in [2.75, 3.05) is 5.32 Å². The molecule has 0 radical (unpaired) electrons. The number of benzene rings is 2. The van der Waals surface area contributed by atoms with E-state index in [0.29, 0.717) is 11.3 Å². The van der Waals surface area contributed by atoms with E-state index in [9.17, 15) is 26.0 Å². The van der Waals surface area contributed by atoms with Crippen LogP contribution in [0.3, 0.4) is 0 Å².